The van der Waals surface area contributed by atoms with Gasteiger partial charge in [0.25, 0.3) is 0 Å². The van der Waals surface area contributed by atoms with Crippen molar-refractivity contribution in [3.63, 3.8) is 0 Å². The van der Waals surface area contributed by atoms with E-state index >= 15 is 0 Å². The molecular formula is C8H14N2S. The van der Waals surface area contributed by atoms with E-state index in [4.69, 9.17) is 0 Å². The van der Waals surface area contributed by atoms with Crippen LogP contribution in [0.1, 0.15) is 19.3 Å². The second-order valence-corrected chi connectivity index (χ2v) is 3.03. The van der Waals surface area contributed by atoms with Crippen LogP contribution in [-0.2, 0) is 6.54 Å². The summed E-state index contributed by atoms with van der Waals surface area (Å²) in [6.45, 7) is 1.09. The van der Waals surface area contributed by atoms with E-state index in [1.165, 1.54) is 19.3 Å². The highest BCUT2D eigenvalue weighted by Crippen LogP contribution is 1.99. The first-order valence-corrected chi connectivity index (χ1v) is 4.63. The fourth-order valence-corrected chi connectivity index (χ4v) is 1.23. The molecule has 1 rings (SSSR count). The molecule has 62 valence electrons. The minimum absolute atomic E-state index is 1.00. The van der Waals surface area contributed by atoms with Crippen LogP contribution in [0.4, 0.5) is 0 Å². The van der Waals surface area contributed by atoms with Gasteiger partial charge in [0, 0.05) is 18.9 Å². The molecule has 0 aromatic carbocycles. The number of unbranched alkanes of at least 4 members (excludes halogenated alkanes) is 2. The van der Waals surface area contributed by atoms with Crippen LogP contribution < -0.4 is 0 Å². The Hall–Kier alpha value is -0.440. The van der Waals surface area contributed by atoms with Crippen molar-refractivity contribution in [1.29, 1.82) is 0 Å². The number of aryl methyl sites for hydroxylation is 1. The van der Waals surface area contributed by atoms with E-state index in [2.05, 4.69) is 22.2 Å². The van der Waals surface area contributed by atoms with Gasteiger partial charge in [-0.05, 0) is 18.6 Å². The number of hydrogen-bond acceptors (Lipinski definition) is 2. The minimum atomic E-state index is 1.00. The van der Waals surface area contributed by atoms with E-state index in [0.29, 0.717) is 0 Å². The summed E-state index contributed by atoms with van der Waals surface area (Å²) >= 11 is 4.15. The maximum Gasteiger partial charge on any atom is 0.0945 e. The number of hydrogen-bond donors (Lipinski definition) is 1. The molecule has 0 aliphatic heterocycles. The van der Waals surface area contributed by atoms with Crippen molar-refractivity contribution in [2.45, 2.75) is 25.8 Å². The molecule has 2 nitrogen and oxygen atoms in total. The van der Waals surface area contributed by atoms with Crippen LogP contribution in [-0.4, -0.2) is 15.3 Å². The average molecular weight is 170 g/mol. The van der Waals surface area contributed by atoms with Gasteiger partial charge in [0.2, 0.25) is 0 Å². The number of imidazole rings is 1. The Bertz CT molecular complexity index is 172. The highest BCUT2D eigenvalue weighted by atomic mass is 32.1. The van der Waals surface area contributed by atoms with E-state index in [1.807, 2.05) is 18.7 Å². The molecule has 0 bridgehead atoms. The lowest BCUT2D eigenvalue weighted by Gasteiger charge is -1.99. The van der Waals surface area contributed by atoms with Crippen molar-refractivity contribution >= 4 is 12.6 Å². The SMILES string of the molecule is SCCCCCn1ccnc1. The first-order chi connectivity index (χ1) is 5.43. The van der Waals surface area contributed by atoms with Crippen molar-refractivity contribution in [2.75, 3.05) is 5.75 Å². The molecule has 0 amide bonds. The van der Waals surface area contributed by atoms with E-state index < -0.39 is 0 Å². The van der Waals surface area contributed by atoms with Crippen molar-refractivity contribution in [1.82, 2.24) is 9.55 Å². The minimum Gasteiger partial charge on any atom is -0.337 e. The molecule has 0 aliphatic carbocycles. The summed E-state index contributed by atoms with van der Waals surface area (Å²) in [5.74, 6) is 1.00. The summed E-state index contributed by atoms with van der Waals surface area (Å²) < 4.78 is 2.11. The van der Waals surface area contributed by atoms with Crippen molar-refractivity contribution in [2.24, 2.45) is 0 Å². The molecule has 0 saturated carbocycles. The van der Waals surface area contributed by atoms with Crippen LogP contribution in [0.2, 0.25) is 0 Å². The predicted octanol–water partition coefficient (Wildman–Crippen LogP) is 1.98. The molecule has 1 aromatic heterocycles. The van der Waals surface area contributed by atoms with Crippen LogP contribution in [0.3, 0.4) is 0 Å². The van der Waals surface area contributed by atoms with Gasteiger partial charge in [0.1, 0.15) is 0 Å². The summed E-state index contributed by atoms with van der Waals surface area (Å²) in [5.41, 5.74) is 0. The van der Waals surface area contributed by atoms with Gasteiger partial charge in [-0.2, -0.15) is 12.6 Å². The summed E-state index contributed by atoms with van der Waals surface area (Å²) in [6, 6.07) is 0. The first-order valence-electron chi connectivity index (χ1n) is 4.00. The summed E-state index contributed by atoms with van der Waals surface area (Å²) in [6.07, 6.45) is 9.40. The highest BCUT2D eigenvalue weighted by Gasteiger charge is 1.89. The monoisotopic (exact) mass is 170 g/mol. The molecule has 0 atom stereocenters. The van der Waals surface area contributed by atoms with Gasteiger partial charge in [0.05, 0.1) is 6.33 Å². The molecule has 1 aromatic rings. The van der Waals surface area contributed by atoms with Crippen molar-refractivity contribution < 1.29 is 0 Å². The molecule has 0 fully saturated rings. The Morgan fingerprint density at radius 2 is 2.18 bits per heavy atom. The molecular weight excluding hydrogens is 156 g/mol. The lowest BCUT2D eigenvalue weighted by Crippen LogP contribution is -1.93. The highest BCUT2D eigenvalue weighted by molar-refractivity contribution is 7.80. The Balaban J connectivity index is 2.04. The number of thiol groups is 1. The molecule has 0 radical (unpaired) electrons. The van der Waals surface area contributed by atoms with Crippen molar-refractivity contribution in [3.8, 4) is 0 Å². The zero-order chi connectivity index (χ0) is 7.94. The van der Waals surface area contributed by atoms with Crippen LogP contribution in [0.15, 0.2) is 18.7 Å². The summed E-state index contributed by atoms with van der Waals surface area (Å²) in [4.78, 5) is 3.97. The Morgan fingerprint density at radius 1 is 1.27 bits per heavy atom. The predicted molar refractivity (Wildman–Crippen MR) is 49.9 cm³/mol. The summed E-state index contributed by atoms with van der Waals surface area (Å²) in [7, 11) is 0. The molecule has 11 heavy (non-hydrogen) atoms. The van der Waals surface area contributed by atoms with E-state index in [-0.39, 0.29) is 0 Å². The third-order valence-electron chi connectivity index (χ3n) is 1.63. The molecule has 3 heteroatoms. The average Bonchev–Trinajstić information content (AvgIpc) is 2.50. The smallest absolute Gasteiger partial charge is 0.0945 e. The van der Waals surface area contributed by atoms with Crippen molar-refractivity contribution in [3.05, 3.63) is 18.7 Å². The molecule has 0 unspecified atom stereocenters. The number of rotatable bonds is 5. The Kier molecular flexibility index (Phi) is 4.12. The van der Waals surface area contributed by atoms with Crippen LogP contribution in [0.25, 0.3) is 0 Å². The quantitative estimate of drug-likeness (QED) is 0.528. The fourth-order valence-electron chi connectivity index (χ4n) is 1.00. The van der Waals surface area contributed by atoms with E-state index in [9.17, 15) is 0 Å². The maximum atomic E-state index is 4.15. The van der Waals surface area contributed by atoms with Gasteiger partial charge in [-0.3, -0.25) is 0 Å². The normalized spacial score (nSPS) is 10.3. The number of nitrogens with zero attached hydrogens (tertiary/aromatic N) is 2. The standard InChI is InChI=1S/C8H14N2S/c11-7-3-1-2-5-10-6-4-9-8-10/h4,6,8,11H,1-3,5,7H2. The third kappa shape index (κ3) is 3.46. The zero-order valence-corrected chi connectivity index (χ0v) is 7.50. The third-order valence-corrected chi connectivity index (χ3v) is 1.95. The van der Waals surface area contributed by atoms with Gasteiger partial charge in [-0.25, -0.2) is 4.98 Å². The van der Waals surface area contributed by atoms with Gasteiger partial charge in [-0.15, -0.1) is 0 Å². The van der Waals surface area contributed by atoms with Gasteiger partial charge >= 0.3 is 0 Å². The van der Waals surface area contributed by atoms with E-state index in [0.717, 1.165) is 12.3 Å². The summed E-state index contributed by atoms with van der Waals surface area (Å²) in [5, 5.41) is 0. The molecule has 0 N–H and O–H groups in total. The van der Waals surface area contributed by atoms with Crippen LogP contribution in [0.5, 0.6) is 0 Å². The topological polar surface area (TPSA) is 17.8 Å². The second-order valence-electron chi connectivity index (χ2n) is 2.58. The van der Waals surface area contributed by atoms with Crippen LogP contribution >= 0.6 is 12.6 Å². The lowest BCUT2D eigenvalue weighted by molar-refractivity contribution is 0.604. The molecule has 0 spiro atoms. The lowest BCUT2D eigenvalue weighted by atomic mass is 10.2. The van der Waals surface area contributed by atoms with Crippen LogP contribution in [0, 0.1) is 0 Å². The Labute approximate surface area is 73.0 Å². The van der Waals surface area contributed by atoms with Gasteiger partial charge in [-0.1, -0.05) is 6.42 Å². The molecule has 0 saturated heterocycles. The fraction of sp³-hybridized carbons (Fsp3) is 0.625. The second kappa shape index (κ2) is 5.24. The first kappa shape index (κ1) is 8.65. The molecule has 1 heterocycles. The Morgan fingerprint density at radius 3 is 2.82 bits per heavy atom. The van der Waals surface area contributed by atoms with E-state index in [1.54, 1.807) is 0 Å². The van der Waals surface area contributed by atoms with Gasteiger partial charge in [0.15, 0.2) is 0 Å². The maximum absolute atomic E-state index is 4.15. The molecule has 0 aliphatic rings. The largest absolute Gasteiger partial charge is 0.337 e. The zero-order valence-electron chi connectivity index (χ0n) is 6.61. The van der Waals surface area contributed by atoms with Gasteiger partial charge < -0.3 is 4.57 Å². The number of aromatic nitrogens is 2.